The summed E-state index contributed by atoms with van der Waals surface area (Å²) in [6, 6.07) is 17.3. The topological polar surface area (TPSA) is 78.5 Å². The van der Waals surface area contributed by atoms with E-state index in [9.17, 15) is 14.4 Å². The molecule has 3 amide bonds. The number of rotatable bonds is 5. The molecule has 0 aromatic heterocycles. The fraction of sp³-hybridized carbons (Fsp3) is 0.115. The highest BCUT2D eigenvalue weighted by atomic mass is 35.5. The lowest BCUT2D eigenvalue weighted by Gasteiger charge is -2.18. The van der Waals surface area contributed by atoms with Gasteiger partial charge < -0.3 is 10.6 Å². The number of nitrogens with one attached hydrogen (secondary N) is 2. The SMILES string of the molecule is Cc1cc(C)cc(NC(=O)c2ccc(NC3=C(Cl)C(=O)N(c4cccc(Cl)c4C)C3=O)cc2)c1. The average Bonchev–Trinajstić information content (AvgIpc) is 2.99. The van der Waals surface area contributed by atoms with Crippen LogP contribution in [0.2, 0.25) is 5.02 Å². The van der Waals surface area contributed by atoms with Gasteiger partial charge in [-0.3, -0.25) is 14.4 Å². The minimum absolute atomic E-state index is 0.0431. The second-order valence-corrected chi connectivity index (χ2v) is 8.84. The molecule has 0 radical (unpaired) electrons. The molecule has 0 saturated heterocycles. The van der Waals surface area contributed by atoms with E-state index in [2.05, 4.69) is 10.6 Å². The fourth-order valence-electron chi connectivity index (χ4n) is 3.77. The third kappa shape index (κ3) is 4.55. The van der Waals surface area contributed by atoms with Crippen LogP contribution in [0.1, 0.15) is 27.0 Å². The Morgan fingerprint density at radius 2 is 1.47 bits per heavy atom. The van der Waals surface area contributed by atoms with E-state index in [0.29, 0.717) is 33.2 Å². The van der Waals surface area contributed by atoms with Crippen molar-refractivity contribution in [3.63, 3.8) is 0 Å². The Hall–Kier alpha value is -3.61. The standard InChI is InChI=1S/C26H21Cl2N3O3/c1-14-11-15(2)13-19(12-14)30-24(32)17-7-9-18(10-8-17)29-23-22(28)25(33)31(26(23)34)21-6-4-5-20(27)16(21)3/h4-13,29H,1-3H3,(H,30,32). The number of hydrogen-bond acceptors (Lipinski definition) is 4. The van der Waals surface area contributed by atoms with Crippen LogP contribution in [0.5, 0.6) is 0 Å². The number of carbonyl (C=O) groups is 3. The van der Waals surface area contributed by atoms with Crippen molar-refractivity contribution >= 4 is 58.0 Å². The first-order chi connectivity index (χ1) is 16.2. The highest BCUT2D eigenvalue weighted by Gasteiger charge is 2.39. The summed E-state index contributed by atoms with van der Waals surface area (Å²) in [7, 11) is 0. The van der Waals surface area contributed by atoms with Gasteiger partial charge in [0, 0.05) is 22.0 Å². The highest BCUT2D eigenvalue weighted by Crippen LogP contribution is 2.34. The van der Waals surface area contributed by atoms with Crippen LogP contribution in [0.15, 0.2) is 71.4 Å². The van der Waals surface area contributed by atoms with E-state index >= 15 is 0 Å². The number of imide groups is 1. The number of hydrogen-bond donors (Lipinski definition) is 2. The highest BCUT2D eigenvalue weighted by molar-refractivity contribution is 6.53. The van der Waals surface area contributed by atoms with Crippen molar-refractivity contribution in [2.75, 3.05) is 15.5 Å². The molecule has 0 aliphatic carbocycles. The minimum Gasteiger partial charge on any atom is -0.350 e. The number of halogens is 2. The molecule has 34 heavy (non-hydrogen) atoms. The lowest BCUT2D eigenvalue weighted by Crippen LogP contribution is -2.32. The number of benzene rings is 3. The summed E-state index contributed by atoms with van der Waals surface area (Å²) in [6.07, 6.45) is 0. The van der Waals surface area contributed by atoms with Crippen molar-refractivity contribution in [3.8, 4) is 0 Å². The van der Waals surface area contributed by atoms with Crippen molar-refractivity contribution in [2.45, 2.75) is 20.8 Å². The van der Waals surface area contributed by atoms with Gasteiger partial charge in [-0.25, -0.2) is 4.90 Å². The molecule has 6 nitrogen and oxygen atoms in total. The number of amides is 3. The molecule has 1 aliphatic heterocycles. The second kappa shape index (κ2) is 9.33. The van der Waals surface area contributed by atoms with Gasteiger partial charge in [0.05, 0.1) is 5.69 Å². The lowest BCUT2D eigenvalue weighted by molar-refractivity contribution is -0.120. The first-order valence-electron chi connectivity index (χ1n) is 10.5. The zero-order valence-electron chi connectivity index (χ0n) is 18.7. The normalized spacial score (nSPS) is 13.5. The molecule has 0 saturated carbocycles. The summed E-state index contributed by atoms with van der Waals surface area (Å²) in [5.41, 5.74) is 4.69. The van der Waals surface area contributed by atoms with Gasteiger partial charge in [-0.2, -0.15) is 0 Å². The summed E-state index contributed by atoms with van der Waals surface area (Å²) >= 11 is 12.4. The molecule has 0 bridgehead atoms. The number of nitrogens with zero attached hydrogens (tertiary/aromatic N) is 1. The Labute approximate surface area is 207 Å². The molecule has 4 rings (SSSR count). The van der Waals surface area contributed by atoms with Crippen molar-refractivity contribution in [3.05, 3.63) is 98.7 Å². The summed E-state index contributed by atoms with van der Waals surface area (Å²) in [5.74, 6) is -1.48. The molecule has 0 unspecified atom stereocenters. The molecule has 1 aliphatic rings. The van der Waals surface area contributed by atoms with Crippen molar-refractivity contribution in [1.29, 1.82) is 0 Å². The van der Waals surface area contributed by atoms with Crippen LogP contribution < -0.4 is 15.5 Å². The van der Waals surface area contributed by atoms with Crippen LogP contribution in [-0.2, 0) is 9.59 Å². The van der Waals surface area contributed by atoms with Crippen molar-refractivity contribution in [1.82, 2.24) is 0 Å². The van der Waals surface area contributed by atoms with E-state index in [1.54, 1.807) is 49.4 Å². The largest absolute Gasteiger partial charge is 0.350 e. The Kier molecular flexibility index (Phi) is 6.46. The summed E-state index contributed by atoms with van der Waals surface area (Å²) in [5, 5.41) is 6.00. The second-order valence-electron chi connectivity index (χ2n) is 8.05. The Balaban J connectivity index is 1.50. The van der Waals surface area contributed by atoms with Gasteiger partial charge in [0.15, 0.2) is 0 Å². The van der Waals surface area contributed by atoms with E-state index in [4.69, 9.17) is 23.2 Å². The summed E-state index contributed by atoms with van der Waals surface area (Å²) in [4.78, 5) is 39.4. The van der Waals surface area contributed by atoms with Crippen molar-refractivity contribution in [2.24, 2.45) is 0 Å². The minimum atomic E-state index is -0.635. The van der Waals surface area contributed by atoms with E-state index in [1.165, 1.54) is 0 Å². The molecule has 1 heterocycles. The maximum absolute atomic E-state index is 13.0. The van der Waals surface area contributed by atoms with Gasteiger partial charge >= 0.3 is 0 Å². The van der Waals surface area contributed by atoms with Crippen LogP contribution in [0.3, 0.4) is 0 Å². The van der Waals surface area contributed by atoms with Gasteiger partial charge in [-0.15, -0.1) is 0 Å². The first kappa shape index (κ1) is 23.5. The smallest absolute Gasteiger partial charge is 0.283 e. The van der Waals surface area contributed by atoms with Gasteiger partial charge in [-0.1, -0.05) is 35.3 Å². The summed E-state index contributed by atoms with van der Waals surface area (Å²) < 4.78 is 0. The predicted molar refractivity (Wildman–Crippen MR) is 135 cm³/mol. The predicted octanol–water partition coefficient (Wildman–Crippen LogP) is 5.95. The quantitative estimate of drug-likeness (QED) is 0.430. The van der Waals surface area contributed by atoms with E-state index < -0.39 is 11.8 Å². The molecule has 3 aromatic rings. The number of aryl methyl sites for hydroxylation is 2. The van der Waals surface area contributed by atoms with E-state index in [0.717, 1.165) is 16.0 Å². The third-order valence-corrected chi connectivity index (χ3v) is 6.16. The fourth-order valence-corrected chi connectivity index (χ4v) is 4.15. The number of carbonyl (C=O) groups excluding carboxylic acids is 3. The van der Waals surface area contributed by atoms with Crippen molar-refractivity contribution < 1.29 is 14.4 Å². The molecule has 2 N–H and O–H groups in total. The molecule has 8 heteroatoms. The van der Waals surface area contributed by atoms with Gasteiger partial charge in [-0.05, 0) is 86.0 Å². The van der Waals surface area contributed by atoms with Gasteiger partial charge in [0.25, 0.3) is 17.7 Å². The average molecular weight is 494 g/mol. The Bertz CT molecular complexity index is 1340. The number of anilines is 3. The zero-order valence-corrected chi connectivity index (χ0v) is 20.2. The van der Waals surface area contributed by atoms with Crippen LogP contribution in [-0.4, -0.2) is 17.7 Å². The molecule has 0 spiro atoms. The molecule has 0 atom stereocenters. The third-order valence-electron chi connectivity index (χ3n) is 5.40. The van der Waals surface area contributed by atoms with Gasteiger partial charge in [0.2, 0.25) is 0 Å². The van der Waals surface area contributed by atoms with Crippen LogP contribution in [0, 0.1) is 20.8 Å². The Morgan fingerprint density at radius 3 is 2.12 bits per heavy atom. The van der Waals surface area contributed by atoms with E-state index in [-0.39, 0.29) is 16.6 Å². The van der Waals surface area contributed by atoms with Gasteiger partial charge in [0.1, 0.15) is 10.7 Å². The van der Waals surface area contributed by atoms with Crippen LogP contribution in [0.25, 0.3) is 0 Å². The molecular weight excluding hydrogens is 473 g/mol. The lowest BCUT2D eigenvalue weighted by atomic mass is 10.1. The molecule has 3 aromatic carbocycles. The zero-order chi connectivity index (χ0) is 24.6. The van der Waals surface area contributed by atoms with Crippen LogP contribution >= 0.6 is 23.2 Å². The maximum Gasteiger partial charge on any atom is 0.283 e. The Morgan fingerprint density at radius 1 is 0.824 bits per heavy atom. The first-order valence-corrected chi connectivity index (χ1v) is 11.2. The molecule has 0 fully saturated rings. The summed E-state index contributed by atoms with van der Waals surface area (Å²) in [6.45, 7) is 5.65. The maximum atomic E-state index is 13.0. The van der Waals surface area contributed by atoms with Crippen LogP contribution in [0.4, 0.5) is 17.1 Å². The monoisotopic (exact) mass is 493 g/mol. The van der Waals surface area contributed by atoms with E-state index in [1.807, 2.05) is 32.0 Å². The molecule has 172 valence electrons. The molecular formula is C26H21Cl2N3O3.